The van der Waals surface area contributed by atoms with E-state index in [9.17, 15) is 0 Å². The van der Waals surface area contributed by atoms with Gasteiger partial charge in [0.05, 0.1) is 16.7 Å². The third kappa shape index (κ3) is 3.17. The molecule has 8 rings (SSSR count). The summed E-state index contributed by atoms with van der Waals surface area (Å²) >= 11 is 0. The molecule has 0 amide bonds. The largest absolute Gasteiger partial charge is 0.278 e. The number of nitrogens with zero attached hydrogens (tertiary/aromatic N) is 3. The molecule has 2 aromatic heterocycles. The van der Waals surface area contributed by atoms with Gasteiger partial charge in [0.15, 0.2) is 0 Å². The highest BCUT2D eigenvalue weighted by Crippen LogP contribution is 2.39. The van der Waals surface area contributed by atoms with E-state index < -0.39 is 0 Å². The van der Waals surface area contributed by atoms with Crippen LogP contribution in [0.2, 0.25) is 0 Å². The Balaban J connectivity index is 1.43. The minimum Gasteiger partial charge on any atom is -0.278 e. The molecule has 0 atom stereocenters. The lowest BCUT2D eigenvalue weighted by atomic mass is 9.90. The minimum absolute atomic E-state index is 0.691. The quantitative estimate of drug-likeness (QED) is 0.222. The third-order valence-electron chi connectivity index (χ3n) is 8.08. The second-order valence-corrected chi connectivity index (χ2v) is 10.4. The lowest BCUT2D eigenvalue weighted by Gasteiger charge is -2.16. The highest BCUT2D eigenvalue weighted by atomic mass is 15.2. The van der Waals surface area contributed by atoms with Crippen LogP contribution in [0.5, 0.6) is 0 Å². The van der Waals surface area contributed by atoms with Crippen LogP contribution in [0.25, 0.3) is 71.3 Å². The molecule has 0 radical (unpaired) electrons. The van der Waals surface area contributed by atoms with Gasteiger partial charge >= 0.3 is 0 Å². The molecule has 39 heavy (non-hydrogen) atoms. The number of aromatic nitrogens is 3. The van der Waals surface area contributed by atoms with E-state index in [1.807, 2.05) is 6.20 Å². The molecule has 3 nitrogen and oxygen atoms in total. The molecule has 2 heterocycles. The van der Waals surface area contributed by atoms with Crippen molar-refractivity contribution in [3.8, 4) is 17.2 Å². The topological polar surface area (TPSA) is 30.7 Å². The maximum absolute atomic E-state index is 5.25. The average molecular weight is 500 g/mol. The molecule has 0 unspecified atom stereocenters. The number of aryl methyl sites for hydroxylation is 2. The lowest BCUT2D eigenvalue weighted by Crippen LogP contribution is -2.04. The molecule has 3 heteroatoms. The summed E-state index contributed by atoms with van der Waals surface area (Å²) < 4.78 is 2.19. The van der Waals surface area contributed by atoms with E-state index in [-0.39, 0.29) is 0 Å². The Kier molecular flexibility index (Phi) is 4.65. The van der Waals surface area contributed by atoms with Crippen molar-refractivity contribution in [2.75, 3.05) is 0 Å². The number of para-hydroxylation sites is 2. The maximum Gasteiger partial charge on any atom is 0.235 e. The minimum atomic E-state index is 0.691. The first-order valence-corrected chi connectivity index (χ1v) is 13.4. The second-order valence-electron chi connectivity index (χ2n) is 10.4. The Morgan fingerprint density at radius 3 is 1.51 bits per heavy atom. The molecule has 0 bridgehead atoms. The zero-order valence-electron chi connectivity index (χ0n) is 21.8. The molecule has 0 aliphatic rings. The van der Waals surface area contributed by atoms with Gasteiger partial charge in [-0.05, 0) is 75.5 Å². The van der Waals surface area contributed by atoms with E-state index in [0.717, 1.165) is 27.9 Å². The van der Waals surface area contributed by atoms with E-state index in [1.54, 1.807) is 0 Å². The van der Waals surface area contributed by atoms with E-state index in [1.165, 1.54) is 48.7 Å². The summed E-state index contributed by atoms with van der Waals surface area (Å²) in [6, 6.07) is 39.1. The molecule has 184 valence electrons. The van der Waals surface area contributed by atoms with Gasteiger partial charge in [-0.1, -0.05) is 91.0 Å². The Labute approximate surface area is 226 Å². The van der Waals surface area contributed by atoms with Crippen LogP contribution >= 0.6 is 0 Å². The summed E-state index contributed by atoms with van der Waals surface area (Å²) in [6.07, 6.45) is 1.96. The number of fused-ring (bicyclic) bond motifs is 9. The Morgan fingerprint density at radius 2 is 0.949 bits per heavy atom. The smallest absolute Gasteiger partial charge is 0.235 e. The van der Waals surface area contributed by atoms with Crippen molar-refractivity contribution in [1.29, 1.82) is 0 Å². The van der Waals surface area contributed by atoms with E-state index in [2.05, 4.69) is 128 Å². The molecule has 0 saturated heterocycles. The van der Waals surface area contributed by atoms with Crippen molar-refractivity contribution >= 4 is 54.1 Å². The van der Waals surface area contributed by atoms with Crippen molar-refractivity contribution in [2.45, 2.75) is 13.8 Å². The summed E-state index contributed by atoms with van der Waals surface area (Å²) in [5.74, 6) is 0.691. The summed E-state index contributed by atoms with van der Waals surface area (Å²) in [7, 11) is 0. The monoisotopic (exact) mass is 499 g/mol. The van der Waals surface area contributed by atoms with Gasteiger partial charge in [-0.3, -0.25) is 4.57 Å². The molecule has 8 aromatic rings. The predicted octanol–water partition coefficient (Wildman–Crippen LogP) is 9.32. The van der Waals surface area contributed by atoms with Crippen LogP contribution in [-0.2, 0) is 0 Å². The van der Waals surface area contributed by atoms with Crippen LogP contribution in [0.4, 0.5) is 0 Å². The van der Waals surface area contributed by atoms with E-state index >= 15 is 0 Å². The number of hydrogen-bond acceptors (Lipinski definition) is 2. The fourth-order valence-electron chi connectivity index (χ4n) is 6.27. The molecule has 0 saturated carbocycles. The Bertz CT molecular complexity index is 2200. The van der Waals surface area contributed by atoms with Crippen LogP contribution in [0.3, 0.4) is 0 Å². The van der Waals surface area contributed by atoms with Crippen LogP contribution in [0, 0.1) is 13.8 Å². The van der Waals surface area contributed by atoms with E-state index in [4.69, 9.17) is 9.97 Å². The fraction of sp³-hybridized carbons (Fsp3) is 0.0556. The number of rotatable bonds is 2. The Hall–Kier alpha value is -5.02. The SMILES string of the molecule is Cc1cc2c3ccccc3c3ccccc3c2cc1-c1nc(-n2c3ccccc3c3ccccc32)ncc1C. The number of hydrogen-bond donors (Lipinski definition) is 0. The van der Waals surface area contributed by atoms with E-state index in [0.29, 0.717) is 5.95 Å². The van der Waals surface area contributed by atoms with Crippen molar-refractivity contribution in [1.82, 2.24) is 14.5 Å². The van der Waals surface area contributed by atoms with Crippen LogP contribution in [0.15, 0.2) is 115 Å². The van der Waals surface area contributed by atoms with Crippen molar-refractivity contribution in [3.63, 3.8) is 0 Å². The third-order valence-corrected chi connectivity index (χ3v) is 8.08. The van der Waals surface area contributed by atoms with Gasteiger partial charge in [-0.25, -0.2) is 9.97 Å². The summed E-state index contributed by atoms with van der Waals surface area (Å²) in [5.41, 5.74) is 6.61. The van der Waals surface area contributed by atoms with Gasteiger partial charge in [-0.2, -0.15) is 0 Å². The Morgan fingerprint density at radius 1 is 0.487 bits per heavy atom. The number of benzene rings is 6. The summed E-state index contributed by atoms with van der Waals surface area (Å²) in [6.45, 7) is 4.30. The fourth-order valence-corrected chi connectivity index (χ4v) is 6.27. The average Bonchev–Trinajstić information content (AvgIpc) is 3.32. The zero-order valence-corrected chi connectivity index (χ0v) is 21.8. The van der Waals surface area contributed by atoms with Gasteiger partial charge in [0.25, 0.3) is 0 Å². The highest BCUT2D eigenvalue weighted by molar-refractivity contribution is 6.26. The normalized spacial score (nSPS) is 11.8. The van der Waals surface area contributed by atoms with Crippen molar-refractivity contribution < 1.29 is 0 Å². The first-order chi connectivity index (χ1) is 19.2. The van der Waals surface area contributed by atoms with Gasteiger partial charge < -0.3 is 0 Å². The molecule has 0 aliphatic carbocycles. The summed E-state index contributed by atoms with van der Waals surface area (Å²) in [5, 5.41) is 10.1. The highest BCUT2D eigenvalue weighted by Gasteiger charge is 2.17. The van der Waals surface area contributed by atoms with Gasteiger partial charge in [-0.15, -0.1) is 0 Å². The van der Waals surface area contributed by atoms with Crippen molar-refractivity contribution in [2.24, 2.45) is 0 Å². The molecule has 0 fully saturated rings. The molecule has 6 aromatic carbocycles. The van der Waals surface area contributed by atoms with Gasteiger partial charge in [0.1, 0.15) is 0 Å². The maximum atomic E-state index is 5.25. The molecule has 0 aliphatic heterocycles. The second kappa shape index (κ2) is 8.24. The first-order valence-electron chi connectivity index (χ1n) is 13.4. The predicted molar refractivity (Wildman–Crippen MR) is 164 cm³/mol. The zero-order chi connectivity index (χ0) is 26.1. The van der Waals surface area contributed by atoms with Crippen LogP contribution < -0.4 is 0 Å². The molecule has 0 N–H and O–H groups in total. The van der Waals surface area contributed by atoms with Gasteiger partial charge in [0.2, 0.25) is 5.95 Å². The summed E-state index contributed by atoms with van der Waals surface area (Å²) in [4.78, 5) is 10.1. The molecular formula is C36H25N3. The molecule has 0 spiro atoms. The molecular weight excluding hydrogens is 474 g/mol. The van der Waals surface area contributed by atoms with Crippen molar-refractivity contribution in [3.05, 3.63) is 127 Å². The first kappa shape index (κ1) is 22.0. The van der Waals surface area contributed by atoms with Gasteiger partial charge in [0, 0.05) is 22.5 Å². The van der Waals surface area contributed by atoms with Crippen LogP contribution in [-0.4, -0.2) is 14.5 Å². The lowest BCUT2D eigenvalue weighted by molar-refractivity contribution is 0.980. The standard InChI is InChI=1S/C36H25N3/c1-22-19-31-26-13-5-3-11-24(26)25-12-4-6-14-27(25)32(31)20-30(22)35-23(2)21-37-36(38-35)39-33-17-9-7-15-28(33)29-16-8-10-18-34(29)39/h3-21H,1-2H3. The van der Waals surface area contributed by atoms with Crippen LogP contribution in [0.1, 0.15) is 11.1 Å².